The van der Waals surface area contributed by atoms with Gasteiger partial charge in [0, 0.05) is 15.5 Å². The van der Waals surface area contributed by atoms with E-state index in [0.717, 1.165) is 15.5 Å². The standard InChI is InChI=1S/C15H7N3OS/c16-7-8-5-6-10-13(17-8)12-9-3-1-2-4-11(9)20-14(12)15(19)18-10/h1-6H,(H,18,19). The van der Waals surface area contributed by atoms with Gasteiger partial charge in [-0.25, -0.2) is 4.98 Å². The van der Waals surface area contributed by atoms with Crippen molar-refractivity contribution in [1.82, 2.24) is 9.97 Å². The normalized spacial score (nSPS) is 11.2. The molecule has 0 bridgehead atoms. The molecule has 0 aliphatic carbocycles. The van der Waals surface area contributed by atoms with E-state index in [9.17, 15) is 4.79 Å². The molecule has 0 saturated carbocycles. The van der Waals surface area contributed by atoms with Crippen LogP contribution >= 0.6 is 11.3 Å². The Bertz CT molecular complexity index is 1090. The molecule has 0 aliphatic heterocycles. The molecule has 0 fully saturated rings. The zero-order chi connectivity index (χ0) is 13.7. The Morgan fingerprint density at radius 1 is 1.20 bits per heavy atom. The maximum absolute atomic E-state index is 12.2. The molecular weight excluding hydrogens is 270 g/mol. The van der Waals surface area contributed by atoms with Crippen molar-refractivity contribution in [2.75, 3.05) is 0 Å². The third-order valence-corrected chi connectivity index (χ3v) is 4.47. The number of nitrogens with one attached hydrogen (secondary N) is 1. The van der Waals surface area contributed by atoms with Gasteiger partial charge in [0.15, 0.2) is 0 Å². The molecule has 0 spiro atoms. The lowest BCUT2D eigenvalue weighted by Crippen LogP contribution is -2.05. The molecule has 3 aromatic heterocycles. The molecule has 0 saturated heterocycles. The van der Waals surface area contributed by atoms with Crippen molar-refractivity contribution in [1.29, 1.82) is 5.26 Å². The van der Waals surface area contributed by atoms with E-state index in [1.807, 2.05) is 30.3 Å². The SMILES string of the molecule is N#Cc1ccc2[nH]c(=O)c3sc4ccccc4c3c2n1. The molecule has 1 aromatic carbocycles. The fourth-order valence-electron chi connectivity index (χ4n) is 2.43. The smallest absolute Gasteiger partial charge is 0.266 e. The summed E-state index contributed by atoms with van der Waals surface area (Å²) >= 11 is 1.45. The summed E-state index contributed by atoms with van der Waals surface area (Å²) in [6.07, 6.45) is 0. The molecule has 0 aliphatic rings. The summed E-state index contributed by atoms with van der Waals surface area (Å²) in [5.74, 6) is 0. The van der Waals surface area contributed by atoms with Crippen molar-refractivity contribution in [3.8, 4) is 6.07 Å². The van der Waals surface area contributed by atoms with Crippen LogP contribution in [0.1, 0.15) is 5.69 Å². The van der Waals surface area contributed by atoms with Crippen molar-refractivity contribution < 1.29 is 0 Å². The van der Waals surface area contributed by atoms with Crippen molar-refractivity contribution >= 4 is 42.5 Å². The molecule has 5 heteroatoms. The quantitative estimate of drug-likeness (QED) is 0.536. The number of fused-ring (bicyclic) bond motifs is 5. The first-order valence-electron chi connectivity index (χ1n) is 6.02. The Morgan fingerprint density at radius 2 is 2.05 bits per heavy atom. The van der Waals surface area contributed by atoms with E-state index in [1.165, 1.54) is 11.3 Å². The lowest BCUT2D eigenvalue weighted by Gasteiger charge is -2.00. The zero-order valence-electron chi connectivity index (χ0n) is 10.2. The van der Waals surface area contributed by atoms with Gasteiger partial charge < -0.3 is 4.98 Å². The maximum Gasteiger partial charge on any atom is 0.266 e. The van der Waals surface area contributed by atoms with Gasteiger partial charge in [0.2, 0.25) is 0 Å². The van der Waals surface area contributed by atoms with Crippen molar-refractivity contribution in [2.45, 2.75) is 0 Å². The first-order chi connectivity index (χ1) is 9.78. The number of pyridine rings is 2. The Labute approximate surface area is 116 Å². The van der Waals surface area contributed by atoms with Gasteiger partial charge in [-0.15, -0.1) is 11.3 Å². The summed E-state index contributed by atoms with van der Waals surface area (Å²) < 4.78 is 1.70. The van der Waals surface area contributed by atoms with E-state index in [1.54, 1.807) is 12.1 Å². The maximum atomic E-state index is 12.2. The fourth-order valence-corrected chi connectivity index (χ4v) is 3.53. The number of nitrogens with zero attached hydrogens (tertiary/aromatic N) is 2. The summed E-state index contributed by atoms with van der Waals surface area (Å²) in [5.41, 5.74) is 1.57. The van der Waals surface area contributed by atoms with Crippen LogP contribution in [0, 0.1) is 11.3 Å². The second-order valence-corrected chi connectivity index (χ2v) is 5.51. The largest absolute Gasteiger partial charge is 0.319 e. The molecule has 0 amide bonds. The molecule has 4 rings (SSSR count). The Balaban J connectivity index is 2.38. The molecule has 0 unspecified atom stereocenters. The van der Waals surface area contributed by atoms with Crippen molar-refractivity contribution in [3.05, 3.63) is 52.4 Å². The number of aromatic nitrogens is 2. The van der Waals surface area contributed by atoms with E-state index in [4.69, 9.17) is 5.26 Å². The van der Waals surface area contributed by atoms with Crippen LogP contribution in [0.2, 0.25) is 0 Å². The van der Waals surface area contributed by atoms with Gasteiger partial charge in [-0.3, -0.25) is 4.79 Å². The molecule has 20 heavy (non-hydrogen) atoms. The Kier molecular flexibility index (Phi) is 2.17. The van der Waals surface area contributed by atoms with Crippen LogP contribution in [-0.4, -0.2) is 9.97 Å². The van der Waals surface area contributed by atoms with E-state index in [-0.39, 0.29) is 5.56 Å². The van der Waals surface area contributed by atoms with Gasteiger partial charge in [-0.1, -0.05) is 18.2 Å². The molecule has 4 aromatic rings. The van der Waals surface area contributed by atoms with E-state index in [2.05, 4.69) is 9.97 Å². The van der Waals surface area contributed by atoms with Crippen LogP contribution < -0.4 is 5.56 Å². The van der Waals surface area contributed by atoms with E-state index < -0.39 is 0 Å². The number of aromatic amines is 1. The molecular formula is C15H7N3OS. The van der Waals surface area contributed by atoms with Crippen LogP contribution in [0.5, 0.6) is 0 Å². The predicted molar refractivity (Wildman–Crippen MR) is 80.0 cm³/mol. The second-order valence-electron chi connectivity index (χ2n) is 4.46. The summed E-state index contributed by atoms with van der Waals surface area (Å²) in [6, 6.07) is 13.2. The number of nitriles is 1. The number of benzene rings is 1. The molecule has 0 radical (unpaired) electrons. The van der Waals surface area contributed by atoms with Crippen LogP contribution in [0.25, 0.3) is 31.2 Å². The number of rotatable bonds is 0. The monoisotopic (exact) mass is 277 g/mol. The highest BCUT2D eigenvalue weighted by atomic mass is 32.1. The van der Waals surface area contributed by atoms with Gasteiger partial charge >= 0.3 is 0 Å². The third-order valence-electron chi connectivity index (χ3n) is 3.30. The average molecular weight is 277 g/mol. The first kappa shape index (κ1) is 11.1. The number of hydrogen-bond acceptors (Lipinski definition) is 4. The summed E-state index contributed by atoms with van der Waals surface area (Å²) in [5, 5.41) is 10.8. The Morgan fingerprint density at radius 3 is 2.90 bits per heavy atom. The topological polar surface area (TPSA) is 69.5 Å². The lowest BCUT2D eigenvalue weighted by molar-refractivity contribution is 1.29. The van der Waals surface area contributed by atoms with Crippen molar-refractivity contribution in [3.63, 3.8) is 0 Å². The van der Waals surface area contributed by atoms with E-state index in [0.29, 0.717) is 21.4 Å². The van der Waals surface area contributed by atoms with Gasteiger partial charge in [-0.2, -0.15) is 5.26 Å². The van der Waals surface area contributed by atoms with Gasteiger partial charge in [0.25, 0.3) is 5.56 Å². The zero-order valence-corrected chi connectivity index (χ0v) is 11.0. The van der Waals surface area contributed by atoms with Crippen LogP contribution in [0.4, 0.5) is 0 Å². The minimum Gasteiger partial charge on any atom is -0.319 e. The number of hydrogen-bond donors (Lipinski definition) is 1. The molecule has 3 heterocycles. The molecule has 0 atom stereocenters. The van der Waals surface area contributed by atoms with Crippen LogP contribution in [-0.2, 0) is 0 Å². The van der Waals surface area contributed by atoms with Gasteiger partial charge in [0.05, 0.1) is 11.0 Å². The molecule has 94 valence electrons. The molecule has 1 N–H and O–H groups in total. The minimum absolute atomic E-state index is 0.111. The summed E-state index contributed by atoms with van der Waals surface area (Å²) in [7, 11) is 0. The highest BCUT2D eigenvalue weighted by Crippen LogP contribution is 2.34. The van der Waals surface area contributed by atoms with Gasteiger partial charge in [0.1, 0.15) is 16.5 Å². The first-order valence-corrected chi connectivity index (χ1v) is 6.84. The van der Waals surface area contributed by atoms with E-state index >= 15 is 0 Å². The lowest BCUT2D eigenvalue weighted by atomic mass is 10.1. The van der Waals surface area contributed by atoms with Crippen LogP contribution in [0.15, 0.2) is 41.2 Å². The number of H-pyrrole nitrogens is 1. The summed E-state index contributed by atoms with van der Waals surface area (Å²) in [6.45, 7) is 0. The third kappa shape index (κ3) is 1.40. The second kappa shape index (κ2) is 3.89. The minimum atomic E-state index is -0.111. The fraction of sp³-hybridized carbons (Fsp3) is 0. The Hall–Kier alpha value is -2.71. The highest BCUT2D eigenvalue weighted by molar-refractivity contribution is 7.25. The number of thiophene rings is 1. The highest BCUT2D eigenvalue weighted by Gasteiger charge is 2.13. The summed E-state index contributed by atoms with van der Waals surface area (Å²) in [4.78, 5) is 19.4. The van der Waals surface area contributed by atoms with Crippen LogP contribution in [0.3, 0.4) is 0 Å². The predicted octanol–water partition coefficient (Wildman–Crippen LogP) is 3.16. The average Bonchev–Trinajstić information content (AvgIpc) is 2.87. The van der Waals surface area contributed by atoms with Gasteiger partial charge in [-0.05, 0) is 18.2 Å². The van der Waals surface area contributed by atoms with Crippen molar-refractivity contribution in [2.24, 2.45) is 0 Å². The molecule has 4 nitrogen and oxygen atoms in total.